The molecule has 0 bridgehead atoms. The van der Waals surface area contributed by atoms with Gasteiger partial charge in [0.1, 0.15) is 0 Å². The molecule has 2 heterocycles. The van der Waals surface area contributed by atoms with Gasteiger partial charge in [0.25, 0.3) is 11.1 Å². The first-order valence-corrected chi connectivity index (χ1v) is 9.95. The normalized spacial score (nSPS) is 15.8. The average Bonchev–Trinajstić information content (AvgIpc) is 3.17. The largest absolute Gasteiger partial charge is 0.342 e. The fraction of sp³-hybridized carbons (Fsp3) is 0.0909. The molecule has 0 saturated carbocycles. The number of hydrogen-bond acceptors (Lipinski definition) is 3. The molecule has 0 spiro atoms. The summed E-state index contributed by atoms with van der Waals surface area (Å²) < 4.78 is 2.11. The van der Waals surface area contributed by atoms with Crippen LogP contribution in [0.15, 0.2) is 72.3 Å². The smallest absolute Gasteiger partial charge is 0.293 e. The summed E-state index contributed by atoms with van der Waals surface area (Å²) in [6.45, 7) is 4.44. The van der Waals surface area contributed by atoms with Crippen molar-refractivity contribution in [1.29, 1.82) is 0 Å². The number of benzene rings is 2. The summed E-state index contributed by atoms with van der Waals surface area (Å²) in [5, 5.41) is 1.47. The summed E-state index contributed by atoms with van der Waals surface area (Å²) in [7, 11) is 0. The van der Waals surface area contributed by atoms with Crippen LogP contribution in [-0.2, 0) is 11.3 Å². The number of halogens is 1. The van der Waals surface area contributed by atoms with E-state index in [1.807, 2.05) is 54.7 Å². The Balaban J connectivity index is 1.75. The lowest BCUT2D eigenvalue weighted by molar-refractivity contribution is -0.122. The fourth-order valence-electron chi connectivity index (χ4n) is 3.26. The molecule has 1 aromatic heterocycles. The van der Waals surface area contributed by atoms with Crippen molar-refractivity contribution in [1.82, 2.24) is 9.47 Å². The second-order valence-electron chi connectivity index (χ2n) is 6.40. The number of imide groups is 1. The number of amides is 2. The van der Waals surface area contributed by atoms with E-state index in [-0.39, 0.29) is 17.7 Å². The first-order chi connectivity index (χ1) is 13.6. The third kappa shape index (κ3) is 3.39. The maximum absolute atomic E-state index is 12.5. The van der Waals surface area contributed by atoms with Gasteiger partial charge in [-0.05, 0) is 35.5 Å². The van der Waals surface area contributed by atoms with Crippen LogP contribution in [-0.4, -0.2) is 27.2 Å². The van der Waals surface area contributed by atoms with Crippen LogP contribution in [0.25, 0.3) is 17.0 Å². The van der Waals surface area contributed by atoms with Crippen molar-refractivity contribution in [2.24, 2.45) is 0 Å². The minimum Gasteiger partial charge on any atom is -0.342 e. The number of aromatic nitrogens is 1. The second kappa shape index (κ2) is 7.70. The fourth-order valence-corrected chi connectivity index (χ4v) is 4.29. The van der Waals surface area contributed by atoms with Crippen molar-refractivity contribution in [3.63, 3.8) is 0 Å². The lowest BCUT2D eigenvalue weighted by Gasteiger charge is -2.07. The Morgan fingerprint density at radius 2 is 1.82 bits per heavy atom. The Bertz CT molecular complexity index is 1130. The van der Waals surface area contributed by atoms with Gasteiger partial charge < -0.3 is 4.57 Å². The molecule has 28 heavy (non-hydrogen) atoms. The summed E-state index contributed by atoms with van der Waals surface area (Å²) in [5.74, 6) is -0.280. The highest BCUT2D eigenvalue weighted by Crippen LogP contribution is 2.34. The van der Waals surface area contributed by atoms with E-state index in [9.17, 15) is 9.59 Å². The van der Waals surface area contributed by atoms with Crippen molar-refractivity contribution in [2.75, 3.05) is 6.54 Å². The molecule has 4 nitrogen and oxygen atoms in total. The van der Waals surface area contributed by atoms with Crippen LogP contribution < -0.4 is 0 Å². The van der Waals surface area contributed by atoms with E-state index in [1.54, 1.807) is 12.2 Å². The molecule has 1 aliphatic heterocycles. The molecule has 0 aliphatic carbocycles. The molecular weight excluding hydrogens is 392 g/mol. The minimum absolute atomic E-state index is 0.219. The summed E-state index contributed by atoms with van der Waals surface area (Å²) in [4.78, 5) is 26.2. The van der Waals surface area contributed by atoms with Crippen molar-refractivity contribution >= 4 is 51.5 Å². The van der Waals surface area contributed by atoms with Gasteiger partial charge in [-0.15, -0.1) is 6.58 Å². The maximum Gasteiger partial charge on any atom is 0.293 e. The predicted molar refractivity (Wildman–Crippen MR) is 115 cm³/mol. The number of nitrogens with zero attached hydrogens (tertiary/aromatic N) is 2. The van der Waals surface area contributed by atoms with Crippen molar-refractivity contribution in [3.8, 4) is 0 Å². The summed E-state index contributed by atoms with van der Waals surface area (Å²) >= 11 is 7.29. The summed E-state index contributed by atoms with van der Waals surface area (Å²) in [6, 6.07) is 15.7. The monoisotopic (exact) mass is 408 g/mol. The Kier molecular flexibility index (Phi) is 5.11. The van der Waals surface area contributed by atoms with Crippen LogP contribution in [0.5, 0.6) is 0 Å². The number of carbonyl (C=O) groups is 2. The Morgan fingerprint density at radius 3 is 2.61 bits per heavy atom. The standard InChI is InChI=1S/C22H17ClN2O2S/c1-2-11-25-21(26)20(28-22(25)27)12-16-14-24(19-10-6-4-8-17(16)19)13-15-7-3-5-9-18(15)23/h2-10,12,14H,1,11,13H2/b20-12+. The molecule has 1 aliphatic rings. The number of hydrogen-bond donors (Lipinski definition) is 0. The van der Waals surface area contributed by atoms with Gasteiger partial charge in [0.15, 0.2) is 0 Å². The van der Waals surface area contributed by atoms with Gasteiger partial charge >= 0.3 is 0 Å². The van der Waals surface area contributed by atoms with E-state index in [0.29, 0.717) is 16.5 Å². The van der Waals surface area contributed by atoms with Crippen molar-refractivity contribution in [3.05, 3.63) is 88.4 Å². The lowest BCUT2D eigenvalue weighted by atomic mass is 10.1. The molecule has 6 heteroatoms. The minimum atomic E-state index is -0.280. The van der Waals surface area contributed by atoms with Gasteiger partial charge in [0.05, 0.1) is 4.91 Å². The van der Waals surface area contributed by atoms with Crippen LogP contribution >= 0.6 is 23.4 Å². The van der Waals surface area contributed by atoms with Crippen LogP contribution in [0.3, 0.4) is 0 Å². The maximum atomic E-state index is 12.5. The number of carbonyl (C=O) groups excluding carboxylic acids is 2. The van der Waals surface area contributed by atoms with Gasteiger partial charge in [-0.25, -0.2) is 0 Å². The first kappa shape index (κ1) is 18.6. The molecule has 0 atom stereocenters. The molecule has 2 aromatic carbocycles. The lowest BCUT2D eigenvalue weighted by Crippen LogP contribution is -2.27. The Hall–Kier alpha value is -2.76. The van der Waals surface area contributed by atoms with E-state index >= 15 is 0 Å². The highest BCUT2D eigenvalue weighted by atomic mass is 35.5. The van der Waals surface area contributed by atoms with Gasteiger partial charge in [-0.2, -0.15) is 0 Å². The highest BCUT2D eigenvalue weighted by Gasteiger charge is 2.34. The SMILES string of the molecule is C=CCN1C(=O)S/C(=C/c2cn(Cc3ccccc3Cl)c3ccccc23)C1=O. The zero-order chi connectivity index (χ0) is 19.7. The topological polar surface area (TPSA) is 42.3 Å². The van der Waals surface area contributed by atoms with E-state index < -0.39 is 0 Å². The van der Waals surface area contributed by atoms with Crippen LogP contribution in [0, 0.1) is 0 Å². The third-order valence-corrected chi connectivity index (χ3v) is 5.87. The van der Waals surface area contributed by atoms with Gasteiger partial charge in [-0.3, -0.25) is 14.5 Å². The molecule has 4 rings (SSSR count). The summed E-state index contributed by atoms with van der Waals surface area (Å²) in [5.41, 5.74) is 2.95. The molecule has 0 radical (unpaired) electrons. The zero-order valence-corrected chi connectivity index (χ0v) is 16.5. The van der Waals surface area contributed by atoms with Gasteiger partial charge in [0.2, 0.25) is 0 Å². The van der Waals surface area contributed by atoms with E-state index in [1.165, 1.54) is 4.90 Å². The quantitative estimate of drug-likeness (QED) is 0.409. The molecule has 0 unspecified atom stereocenters. The Labute approximate surface area is 172 Å². The average molecular weight is 409 g/mol. The number of fused-ring (bicyclic) bond motifs is 1. The first-order valence-electron chi connectivity index (χ1n) is 8.76. The van der Waals surface area contributed by atoms with E-state index in [2.05, 4.69) is 11.1 Å². The predicted octanol–water partition coefficient (Wildman–Crippen LogP) is 5.57. The molecular formula is C22H17ClN2O2S. The zero-order valence-electron chi connectivity index (χ0n) is 15.0. The molecule has 1 saturated heterocycles. The Morgan fingerprint density at radius 1 is 1.07 bits per heavy atom. The van der Waals surface area contributed by atoms with E-state index in [4.69, 9.17) is 11.6 Å². The van der Waals surface area contributed by atoms with Crippen LogP contribution in [0.4, 0.5) is 4.79 Å². The van der Waals surface area contributed by atoms with Crippen molar-refractivity contribution < 1.29 is 9.59 Å². The van der Waals surface area contributed by atoms with Crippen LogP contribution in [0.1, 0.15) is 11.1 Å². The number of thioether (sulfide) groups is 1. The molecule has 140 valence electrons. The molecule has 2 amide bonds. The van der Waals surface area contributed by atoms with E-state index in [0.717, 1.165) is 33.8 Å². The molecule has 0 N–H and O–H groups in total. The van der Waals surface area contributed by atoms with Crippen LogP contribution in [0.2, 0.25) is 5.02 Å². The number of para-hydroxylation sites is 1. The molecule has 3 aromatic rings. The highest BCUT2D eigenvalue weighted by molar-refractivity contribution is 8.18. The second-order valence-corrected chi connectivity index (χ2v) is 7.80. The van der Waals surface area contributed by atoms with Crippen molar-refractivity contribution in [2.45, 2.75) is 6.54 Å². The summed E-state index contributed by atoms with van der Waals surface area (Å²) in [6.07, 6.45) is 5.34. The molecule has 1 fully saturated rings. The van der Waals surface area contributed by atoms with Gasteiger partial charge in [-0.1, -0.05) is 54.1 Å². The van der Waals surface area contributed by atoms with Gasteiger partial charge in [0, 0.05) is 40.8 Å². The third-order valence-electron chi connectivity index (χ3n) is 4.59. The number of rotatable bonds is 5.